The number of β-amino-alcohol motifs (C(OH)–C–C–N with tert-alkyl or cyclic N) is 1. The van der Waals surface area contributed by atoms with Gasteiger partial charge in [-0.05, 0) is 86.9 Å². The number of aliphatic carboxylic acids is 1. The summed E-state index contributed by atoms with van der Waals surface area (Å²) in [5.74, 6) is -5.40. The largest absolute Gasteiger partial charge is 0.497 e. The Bertz CT molecular complexity index is 2390. The molecule has 28 heteroatoms. The summed E-state index contributed by atoms with van der Waals surface area (Å²) < 4.78 is 5.28. The Labute approximate surface area is 450 Å². The van der Waals surface area contributed by atoms with Crippen LogP contribution in [0, 0.1) is 0 Å². The lowest BCUT2D eigenvalue weighted by Crippen LogP contribution is -2.59. The first kappa shape index (κ1) is 60.7. The van der Waals surface area contributed by atoms with Crippen molar-refractivity contribution in [1.82, 2.24) is 41.3 Å². The van der Waals surface area contributed by atoms with Crippen molar-refractivity contribution in [1.29, 1.82) is 0 Å². The Balaban J connectivity index is 1.20. The van der Waals surface area contributed by atoms with Crippen molar-refractivity contribution in [2.24, 2.45) is 38.7 Å². The molecule has 77 heavy (non-hydrogen) atoms. The number of carbonyl (C=O) groups excluding carboxylic acids is 7. The molecule has 9 atom stereocenters. The Morgan fingerprint density at radius 3 is 2.04 bits per heavy atom. The zero-order valence-electron chi connectivity index (χ0n) is 43.2. The van der Waals surface area contributed by atoms with Crippen molar-refractivity contribution in [3.8, 4) is 5.75 Å². The van der Waals surface area contributed by atoms with E-state index in [1.54, 1.807) is 29.6 Å². The van der Waals surface area contributed by atoms with Gasteiger partial charge in [0.1, 0.15) is 42.0 Å². The lowest BCUT2D eigenvalue weighted by molar-refractivity contribution is -0.147. The highest BCUT2D eigenvalue weighted by Crippen LogP contribution is 2.27. The van der Waals surface area contributed by atoms with Crippen LogP contribution in [0.25, 0.3) is 0 Å². The molecule has 3 aliphatic heterocycles. The van der Waals surface area contributed by atoms with Crippen molar-refractivity contribution < 1.29 is 58.4 Å². The predicted molar refractivity (Wildman–Crippen MR) is 283 cm³/mol. The van der Waals surface area contributed by atoms with Gasteiger partial charge in [0.15, 0.2) is 11.9 Å². The molecule has 0 spiro atoms. The number of likely N-dealkylation sites (tertiary alicyclic amines) is 3. The fourth-order valence-electron chi connectivity index (χ4n) is 9.59. The minimum atomic E-state index is -1.54. The Hall–Kier alpha value is -7.14. The topological polar surface area (TPSA) is 431 Å². The van der Waals surface area contributed by atoms with Crippen LogP contribution in [-0.2, 0) is 51.2 Å². The van der Waals surface area contributed by atoms with E-state index in [0.717, 1.165) is 5.56 Å². The molecule has 0 radical (unpaired) electrons. The second-order valence-electron chi connectivity index (χ2n) is 19.2. The van der Waals surface area contributed by atoms with Crippen LogP contribution < -0.4 is 60.0 Å². The van der Waals surface area contributed by atoms with E-state index in [1.807, 2.05) is 12.1 Å². The minimum Gasteiger partial charge on any atom is -0.497 e. The summed E-state index contributed by atoms with van der Waals surface area (Å²) in [5.41, 5.74) is 28.5. The van der Waals surface area contributed by atoms with E-state index in [2.05, 4.69) is 36.6 Å². The summed E-state index contributed by atoms with van der Waals surface area (Å²) in [6, 6.07) is 2.01. The van der Waals surface area contributed by atoms with E-state index in [9.17, 15) is 53.7 Å². The van der Waals surface area contributed by atoms with Gasteiger partial charge in [-0.15, -0.1) is 11.3 Å². The smallest absolute Gasteiger partial charge is 0.320 e. The number of carboxylic acids is 1. The number of carbonyl (C=O) groups is 8. The molecule has 2 aromatic rings. The highest BCUT2D eigenvalue weighted by atomic mass is 32.1. The average molecular weight is 1100 g/mol. The number of rotatable bonds is 29. The number of methoxy groups -OCH3 is 1. The Kier molecular flexibility index (Phi) is 23.6. The number of amides is 7. The summed E-state index contributed by atoms with van der Waals surface area (Å²) in [4.78, 5) is 121. The number of ether oxygens (including phenoxy) is 1. The van der Waals surface area contributed by atoms with Crippen LogP contribution in [0.3, 0.4) is 0 Å². The van der Waals surface area contributed by atoms with Crippen LogP contribution in [0.15, 0.2) is 51.8 Å². The summed E-state index contributed by atoms with van der Waals surface area (Å²) >= 11 is 1.30. The normalized spacial score (nSPS) is 20.0. The van der Waals surface area contributed by atoms with Gasteiger partial charge in [0.25, 0.3) is 0 Å². The molecule has 27 nitrogen and oxygen atoms in total. The molecule has 5 rings (SSSR count). The van der Waals surface area contributed by atoms with Gasteiger partial charge in [-0.25, -0.2) is 0 Å². The number of nitrogens with two attached hydrogens (primary N) is 5. The number of hydrogen-bond donors (Lipinski definition) is 13. The number of aliphatic hydroxyl groups excluding tert-OH is 2. The molecular weight excluding hydrogens is 1020 g/mol. The minimum absolute atomic E-state index is 0.0278. The van der Waals surface area contributed by atoms with Crippen LogP contribution >= 0.6 is 11.3 Å². The Morgan fingerprint density at radius 1 is 0.779 bits per heavy atom. The number of aliphatic imine (C=N–C) groups is 2. The molecule has 1 unspecified atom stereocenters. The maximum Gasteiger partial charge on any atom is 0.320 e. The van der Waals surface area contributed by atoms with Gasteiger partial charge in [0.05, 0.1) is 32.4 Å². The van der Waals surface area contributed by atoms with Crippen LogP contribution in [0.2, 0.25) is 0 Å². The summed E-state index contributed by atoms with van der Waals surface area (Å²) in [6.45, 7) is -0.800. The standard InChI is InChI=1S/C49H75N15O12S/c1-76-31-14-12-28(13-15-31)21-29(24-57-34(47(74)75)9-3-17-56-49(53)54)59-43(70)37-10-4-18-62(37)45(72)36(27-65)61-41(68)35(23-32-7-6-20-77-32)60-40(67)25-58-42(69)39-22-30(66)26-64(39)46(73)38-11-5-19-63(38)44(71)33(50)8-2-16-55-48(51)52/h6-7,12-15,20,29-30,33-39,57,65-66H,2-5,8-11,16-19,21-27,50H2,1H3,(H,58,69)(H,59,70)(H,60,67)(H,61,68)(H,74,75)(H4,51,52,55)(H4,53,54,56)/t29?,30-,33+,34+,35+,36+,37+,38+,39+/m1/s1. The van der Waals surface area contributed by atoms with E-state index >= 15 is 0 Å². The second kappa shape index (κ2) is 30.0. The van der Waals surface area contributed by atoms with E-state index in [0.29, 0.717) is 42.7 Å². The van der Waals surface area contributed by atoms with Crippen LogP contribution in [-0.4, -0.2) is 203 Å². The van der Waals surface area contributed by atoms with E-state index in [4.69, 9.17) is 33.4 Å². The first-order chi connectivity index (χ1) is 36.8. The molecule has 3 saturated heterocycles. The van der Waals surface area contributed by atoms with Gasteiger partial charge in [0, 0.05) is 63.0 Å². The molecule has 18 N–H and O–H groups in total. The zero-order chi connectivity index (χ0) is 56.2. The van der Waals surface area contributed by atoms with Gasteiger partial charge < -0.3 is 90.0 Å². The number of guanidine groups is 2. The summed E-state index contributed by atoms with van der Waals surface area (Å²) in [5, 5.41) is 46.5. The lowest BCUT2D eigenvalue weighted by atomic mass is 10.0. The van der Waals surface area contributed by atoms with Gasteiger partial charge in [-0.1, -0.05) is 18.2 Å². The molecule has 4 heterocycles. The van der Waals surface area contributed by atoms with Crippen LogP contribution in [0.1, 0.15) is 68.2 Å². The second-order valence-corrected chi connectivity index (χ2v) is 20.2. The van der Waals surface area contributed by atoms with E-state index in [1.165, 1.54) is 33.1 Å². The fraction of sp³-hybridized carbons (Fsp3) is 0.592. The molecule has 0 saturated carbocycles. The van der Waals surface area contributed by atoms with Crippen molar-refractivity contribution >= 4 is 70.6 Å². The molecule has 3 aliphatic rings. The summed E-state index contributed by atoms with van der Waals surface area (Å²) in [7, 11) is 1.53. The van der Waals surface area contributed by atoms with E-state index in [-0.39, 0.29) is 89.7 Å². The SMILES string of the molecule is COc1ccc(CC(CN[C@@H](CCCN=C(N)N)C(=O)O)NC(=O)[C@@H]2CCCN2C(=O)[C@H](CO)NC(=O)[C@H](Cc2cccs2)NC(=O)CNC(=O)[C@@H]2C[C@@H](O)CN2C(=O)[C@@H]2CCCN2C(=O)[C@@H](N)CCCN=C(N)N)cc1. The number of nitrogens with one attached hydrogen (secondary N) is 5. The number of benzene rings is 1. The quantitative estimate of drug-likeness (QED) is 0.0208. The molecular formula is C49H75N15O12S. The molecule has 0 bridgehead atoms. The number of aliphatic hydroxyl groups is 2. The number of hydrogen-bond acceptors (Lipinski definition) is 16. The highest BCUT2D eigenvalue weighted by molar-refractivity contribution is 7.09. The predicted octanol–water partition coefficient (Wildman–Crippen LogP) is -4.47. The first-order valence-corrected chi connectivity index (χ1v) is 26.5. The van der Waals surface area contributed by atoms with Crippen molar-refractivity contribution in [3.05, 3.63) is 52.2 Å². The number of carboxylic acid groups (broad SMARTS) is 1. The van der Waals surface area contributed by atoms with Gasteiger partial charge in [0.2, 0.25) is 41.4 Å². The van der Waals surface area contributed by atoms with E-state index < -0.39 is 115 Å². The van der Waals surface area contributed by atoms with Crippen LogP contribution in [0.4, 0.5) is 0 Å². The maximum atomic E-state index is 14.2. The van der Waals surface area contributed by atoms with Gasteiger partial charge in [-0.2, -0.15) is 0 Å². The third-order valence-electron chi connectivity index (χ3n) is 13.5. The van der Waals surface area contributed by atoms with Crippen molar-refractivity contribution in [2.75, 3.05) is 59.5 Å². The number of nitrogens with zero attached hydrogens (tertiary/aromatic N) is 5. The Morgan fingerprint density at radius 2 is 1.43 bits per heavy atom. The van der Waals surface area contributed by atoms with Gasteiger partial charge in [-0.3, -0.25) is 48.3 Å². The molecule has 7 amide bonds. The zero-order valence-corrected chi connectivity index (χ0v) is 44.0. The molecule has 424 valence electrons. The fourth-order valence-corrected chi connectivity index (χ4v) is 10.3. The third kappa shape index (κ3) is 18.3. The number of thiophene rings is 1. The molecule has 3 fully saturated rings. The average Bonchev–Trinajstić information content (AvgIpc) is 4.26. The van der Waals surface area contributed by atoms with Gasteiger partial charge >= 0.3 is 5.97 Å². The maximum absolute atomic E-state index is 14.2. The van der Waals surface area contributed by atoms with Crippen molar-refractivity contribution in [2.45, 2.75) is 125 Å². The third-order valence-corrected chi connectivity index (χ3v) is 14.4. The summed E-state index contributed by atoms with van der Waals surface area (Å²) in [6.07, 6.45) is 1.75. The first-order valence-electron chi connectivity index (χ1n) is 25.7. The molecule has 1 aromatic heterocycles. The monoisotopic (exact) mass is 1100 g/mol. The lowest BCUT2D eigenvalue weighted by Gasteiger charge is -2.32. The highest BCUT2D eigenvalue weighted by Gasteiger charge is 2.45. The molecule has 0 aliphatic carbocycles. The van der Waals surface area contributed by atoms with Crippen LogP contribution in [0.5, 0.6) is 5.75 Å². The van der Waals surface area contributed by atoms with Crippen molar-refractivity contribution in [3.63, 3.8) is 0 Å². The molecule has 1 aromatic carbocycles.